The molecule has 1 saturated carbocycles. The highest BCUT2D eigenvalue weighted by Crippen LogP contribution is 2.36. The molecule has 0 N–H and O–H groups in total. The molecule has 2 aromatic rings. The van der Waals surface area contributed by atoms with Crippen molar-refractivity contribution in [2.45, 2.75) is 69.3 Å². The summed E-state index contributed by atoms with van der Waals surface area (Å²) in [7, 11) is 3.17. The molecule has 1 unspecified atom stereocenters. The van der Waals surface area contributed by atoms with Crippen molar-refractivity contribution in [1.29, 1.82) is 0 Å². The van der Waals surface area contributed by atoms with Crippen LogP contribution in [-0.2, 0) is 0 Å². The van der Waals surface area contributed by atoms with Gasteiger partial charge in [0.05, 0.1) is 25.2 Å². The number of aryl methyl sites for hydroxylation is 1. The molecule has 1 fully saturated rings. The molecule has 1 heterocycles. The summed E-state index contributed by atoms with van der Waals surface area (Å²) in [6.07, 6.45) is 6.25. The summed E-state index contributed by atoms with van der Waals surface area (Å²) in [4.78, 5) is 17.8. The van der Waals surface area contributed by atoms with Gasteiger partial charge in [-0.3, -0.25) is 4.79 Å². The number of hydrogen-bond acceptors (Lipinski definition) is 5. The summed E-state index contributed by atoms with van der Waals surface area (Å²) in [5, 5.41) is 0.727. The molecule has 0 amide bonds. The van der Waals surface area contributed by atoms with Crippen molar-refractivity contribution in [3.63, 3.8) is 0 Å². The van der Waals surface area contributed by atoms with Crippen LogP contribution in [0.15, 0.2) is 23.4 Å². The van der Waals surface area contributed by atoms with Gasteiger partial charge < -0.3 is 14.0 Å². The predicted molar refractivity (Wildman–Crippen MR) is 113 cm³/mol. The fourth-order valence-electron chi connectivity index (χ4n) is 3.88. The molecule has 0 radical (unpaired) electrons. The number of ketones is 1. The summed E-state index contributed by atoms with van der Waals surface area (Å²) in [6, 6.07) is 5.83. The molecule has 0 bridgehead atoms. The van der Waals surface area contributed by atoms with E-state index in [9.17, 15) is 4.79 Å². The number of aromatic nitrogens is 2. The molecule has 0 saturated heterocycles. The lowest BCUT2D eigenvalue weighted by atomic mass is 9.95. The van der Waals surface area contributed by atoms with Gasteiger partial charge in [0.25, 0.3) is 0 Å². The van der Waals surface area contributed by atoms with Crippen LogP contribution in [0.4, 0.5) is 0 Å². The first-order valence-corrected chi connectivity index (χ1v) is 10.8. The number of nitrogens with zero attached hydrogens (tertiary/aromatic N) is 2. The second-order valence-corrected chi connectivity index (χ2v) is 8.73. The van der Waals surface area contributed by atoms with Crippen molar-refractivity contribution in [1.82, 2.24) is 9.55 Å². The highest BCUT2D eigenvalue weighted by Gasteiger charge is 2.26. The zero-order valence-corrected chi connectivity index (χ0v) is 18.3. The maximum atomic E-state index is 13.0. The number of methoxy groups -OCH3 is 2. The van der Waals surface area contributed by atoms with Gasteiger partial charge in [-0.1, -0.05) is 31.0 Å². The van der Waals surface area contributed by atoms with E-state index >= 15 is 0 Å². The fraction of sp³-hybridized carbons (Fsp3) is 0.545. The van der Waals surface area contributed by atoms with E-state index in [4.69, 9.17) is 14.5 Å². The third kappa shape index (κ3) is 4.22. The van der Waals surface area contributed by atoms with E-state index < -0.39 is 0 Å². The Morgan fingerprint density at radius 2 is 1.82 bits per heavy atom. The fourth-order valence-corrected chi connectivity index (χ4v) is 5.03. The third-order valence-corrected chi connectivity index (χ3v) is 6.68. The van der Waals surface area contributed by atoms with Gasteiger partial charge in [-0.2, -0.15) is 0 Å². The Labute approximate surface area is 171 Å². The number of benzene rings is 1. The van der Waals surface area contributed by atoms with Crippen molar-refractivity contribution in [2.24, 2.45) is 0 Å². The van der Waals surface area contributed by atoms with Crippen LogP contribution in [0, 0.1) is 13.8 Å². The molecule has 1 atom stereocenters. The maximum absolute atomic E-state index is 13.0. The summed E-state index contributed by atoms with van der Waals surface area (Å²) in [6.45, 7) is 6.15. The standard InChI is InChI=1S/C22H30N2O3S/c1-14-15(2)24(18-9-7-6-8-10-18)22(23-14)28-16(3)21(25)17-11-12-19(26-4)20(13-17)27-5/h11-13,16,18H,6-10H2,1-5H3. The molecule has 152 valence electrons. The van der Waals surface area contributed by atoms with Crippen LogP contribution in [0.5, 0.6) is 11.5 Å². The molecule has 5 nitrogen and oxygen atoms in total. The first-order chi connectivity index (χ1) is 13.5. The van der Waals surface area contributed by atoms with E-state index in [1.807, 2.05) is 6.92 Å². The van der Waals surface area contributed by atoms with Gasteiger partial charge in [-0.15, -0.1) is 0 Å². The van der Waals surface area contributed by atoms with Gasteiger partial charge >= 0.3 is 0 Å². The van der Waals surface area contributed by atoms with Crippen LogP contribution in [-0.4, -0.2) is 34.8 Å². The van der Waals surface area contributed by atoms with Crippen molar-refractivity contribution in [3.8, 4) is 11.5 Å². The minimum atomic E-state index is -0.235. The van der Waals surface area contributed by atoms with Crippen LogP contribution in [0.3, 0.4) is 0 Å². The van der Waals surface area contributed by atoms with E-state index in [2.05, 4.69) is 18.4 Å². The Kier molecular flexibility index (Phi) is 6.70. The van der Waals surface area contributed by atoms with Gasteiger partial charge in [-0.25, -0.2) is 4.98 Å². The quantitative estimate of drug-likeness (QED) is 0.459. The zero-order valence-electron chi connectivity index (χ0n) is 17.4. The summed E-state index contributed by atoms with van der Waals surface area (Å²) in [5.41, 5.74) is 2.90. The molecule has 6 heteroatoms. The van der Waals surface area contributed by atoms with E-state index in [1.165, 1.54) is 37.8 Å². The Morgan fingerprint density at radius 3 is 2.46 bits per heavy atom. The van der Waals surface area contributed by atoms with Crippen molar-refractivity contribution >= 4 is 17.5 Å². The number of carbonyl (C=O) groups excluding carboxylic acids is 1. The molecule has 0 aliphatic heterocycles. The molecule has 1 aromatic heterocycles. The summed E-state index contributed by atoms with van der Waals surface area (Å²) >= 11 is 1.56. The minimum absolute atomic E-state index is 0.0689. The molecular weight excluding hydrogens is 372 g/mol. The molecule has 3 rings (SSSR count). The van der Waals surface area contributed by atoms with Crippen molar-refractivity contribution < 1.29 is 14.3 Å². The number of thioether (sulfide) groups is 1. The molecule has 1 aliphatic rings. The Hall–Kier alpha value is -1.95. The van der Waals surface area contributed by atoms with Gasteiger partial charge in [0.2, 0.25) is 0 Å². The SMILES string of the molecule is COc1ccc(C(=O)C(C)Sc2nc(C)c(C)n2C2CCCCC2)cc1OC. The number of imidazole rings is 1. The molecule has 1 aromatic carbocycles. The molecule has 1 aliphatic carbocycles. The lowest BCUT2D eigenvalue weighted by molar-refractivity contribution is 0.0993. The average Bonchev–Trinajstić information content (AvgIpc) is 3.00. The van der Waals surface area contributed by atoms with Crippen molar-refractivity contribution in [3.05, 3.63) is 35.2 Å². The third-order valence-electron chi connectivity index (χ3n) is 5.61. The maximum Gasteiger partial charge on any atom is 0.176 e. The first kappa shape index (κ1) is 20.8. The monoisotopic (exact) mass is 402 g/mol. The van der Waals surface area contributed by atoms with Crippen LogP contribution in [0.2, 0.25) is 0 Å². The van der Waals surface area contributed by atoms with Crippen LogP contribution < -0.4 is 9.47 Å². The number of Topliss-reactive ketones (excluding diaryl/α,β-unsaturated/α-hetero) is 1. The summed E-state index contributed by atoms with van der Waals surface area (Å²) in [5.74, 6) is 1.26. The lowest BCUT2D eigenvalue weighted by Gasteiger charge is -2.26. The molecular formula is C22H30N2O3S. The Bertz CT molecular complexity index is 841. The van der Waals surface area contributed by atoms with E-state index in [0.717, 1.165) is 10.9 Å². The molecule has 0 spiro atoms. The summed E-state index contributed by atoms with van der Waals surface area (Å²) < 4.78 is 13.0. The number of rotatable bonds is 7. The second-order valence-electron chi connectivity index (χ2n) is 7.42. The Morgan fingerprint density at radius 1 is 1.14 bits per heavy atom. The van der Waals surface area contributed by atoms with E-state index in [-0.39, 0.29) is 11.0 Å². The highest BCUT2D eigenvalue weighted by molar-refractivity contribution is 8.00. The first-order valence-electron chi connectivity index (χ1n) is 9.94. The average molecular weight is 403 g/mol. The largest absolute Gasteiger partial charge is 0.493 e. The van der Waals surface area contributed by atoms with Gasteiger partial charge in [-0.05, 0) is 51.8 Å². The van der Waals surface area contributed by atoms with E-state index in [0.29, 0.717) is 23.1 Å². The van der Waals surface area contributed by atoms with Crippen LogP contribution in [0.25, 0.3) is 0 Å². The van der Waals surface area contributed by atoms with Crippen molar-refractivity contribution in [2.75, 3.05) is 14.2 Å². The number of ether oxygens (including phenoxy) is 2. The highest BCUT2D eigenvalue weighted by atomic mass is 32.2. The van der Waals surface area contributed by atoms with E-state index in [1.54, 1.807) is 44.2 Å². The number of carbonyl (C=O) groups is 1. The second kappa shape index (κ2) is 9.03. The van der Waals surface area contributed by atoms with Crippen LogP contribution in [0.1, 0.15) is 66.8 Å². The smallest absolute Gasteiger partial charge is 0.176 e. The number of hydrogen-bond donors (Lipinski definition) is 0. The van der Waals surface area contributed by atoms with Gasteiger partial charge in [0, 0.05) is 17.3 Å². The van der Waals surface area contributed by atoms with Gasteiger partial charge in [0.1, 0.15) is 0 Å². The zero-order chi connectivity index (χ0) is 20.3. The predicted octanol–water partition coefficient (Wildman–Crippen LogP) is 5.39. The Balaban J connectivity index is 1.82. The van der Waals surface area contributed by atoms with Crippen LogP contribution >= 0.6 is 11.8 Å². The van der Waals surface area contributed by atoms with Gasteiger partial charge in [0.15, 0.2) is 22.4 Å². The topological polar surface area (TPSA) is 53.3 Å². The normalized spacial score (nSPS) is 16.0. The molecule has 28 heavy (non-hydrogen) atoms. The minimum Gasteiger partial charge on any atom is -0.493 e. The lowest BCUT2D eigenvalue weighted by Crippen LogP contribution is -2.18.